The van der Waals surface area contributed by atoms with E-state index in [-0.39, 0.29) is 0 Å². The molecule has 0 saturated carbocycles. The molecular formula is C11H18N2O2S. The lowest BCUT2D eigenvalue weighted by Gasteiger charge is -2.09. The Kier molecular flexibility index (Phi) is 4.71. The van der Waals surface area contributed by atoms with E-state index in [1.807, 2.05) is 11.3 Å². The zero-order valence-corrected chi connectivity index (χ0v) is 10.4. The predicted octanol–water partition coefficient (Wildman–Crippen LogP) is 0.994. The number of thiazole rings is 1. The van der Waals surface area contributed by atoms with E-state index in [9.17, 15) is 0 Å². The van der Waals surface area contributed by atoms with E-state index in [0.717, 1.165) is 32.5 Å². The minimum atomic E-state index is 0.665. The van der Waals surface area contributed by atoms with Crippen molar-refractivity contribution in [1.29, 1.82) is 0 Å². The van der Waals surface area contributed by atoms with E-state index in [1.165, 1.54) is 15.6 Å². The number of fused-ring (bicyclic) bond motifs is 1. The van der Waals surface area contributed by atoms with Gasteiger partial charge in [-0.3, -0.25) is 0 Å². The molecule has 0 radical (unpaired) electrons. The highest BCUT2D eigenvalue weighted by atomic mass is 32.1. The molecule has 0 fully saturated rings. The molecule has 4 nitrogen and oxygen atoms in total. The van der Waals surface area contributed by atoms with Gasteiger partial charge in [-0.15, -0.1) is 11.3 Å². The lowest BCUT2D eigenvalue weighted by molar-refractivity contribution is 0.0722. The van der Waals surface area contributed by atoms with Crippen LogP contribution >= 0.6 is 11.3 Å². The largest absolute Gasteiger partial charge is 0.382 e. The highest BCUT2D eigenvalue weighted by molar-refractivity contribution is 7.11. The molecule has 0 aromatic carbocycles. The van der Waals surface area contributed by atoms with E-state index in [2.05, 4.69) is 10.3 Å². The van der Waals surface area contributed by atoms with Crippen molar-refractivity contribution < 1.29 is 9.47 Å². The Hall–Kier alpha value is -0.490. The molecule has 0 spiro atoms. The Morgan fingerprint density at radius 3 is 3.12 bits per heavy atom. The van der Waals surface area contributed by atoms with E-state index < -0.39 is 0 Å². The molecule has 0 bridgehead atoms. The number of methoxy groups -OCH3 is 1. The maximum Gasteiger partial charge on any atom is 0.0954 e. The van der Waals surface area contributed by atoms with Crippen molar-refractivity contribution in [2.24, 2.45) is 0 Å². The molecule has 2 rings (SSSR count). The third-order valence-corrected chi connectivity index (χ3v) is 3.70. The molecule has 0 saturated heterocycles. The average Bonchev–Trinajstić information content (AvgIpc) is 2.71. The molecule has 0 unspecified atom stereocenters. The van der Waals surface area contributed by atoms with Crippen molar-refractivity contribution in [2.45, 2.75) is 19.4 Å². The molecule has 0 atom stereocenters. The van der Waals surface area contributed by atoms with Crippen LogP contribution in [0.2, 0.25) is 0 Å². The Morgan fingerprint density at radius 1 is 1.38 bits per heavy atom. The minimum absolute atomic E-state index is 0.665. The second kappa shape index (κ2) is 6.30. The summed E-state index contributed by atoms with van der Waals surface area (Å²) in [5.41, 5.74) is 1.29. The molecule has 1 aliphatic heterocycles. The number of hydrogen-bond acceptors (Lipinski definition) is 5. The lowest BCUT2D eigenvalue weighted by atomic mass is 10.2. The first-order chi connectivity index (χ1) is 7.90. The fourth-order valence-corrected chi connectivity index (χ4v) is 2.76. The number of ether oxygens (including phenoxy) is 2. The van der Waals surface area contributed by atoms with Crippen LogP contribution in [0.3, 0.4) is 0 Å². The summed E-state index contributed by atoms with van der Waals surface area (Å²) in [7, 11) is 1.69. The van der Waals surface area contributed by atoms with Gasteiger partial charge < -0.3 is 14.8 Å². The summed E-state index contributed by atoms with van der Waals surface area (Å²) < 4.78 is 10.4. The van der Waals surface area contributed by atoms with Gasteiger partial charge in [-0.1, -0.05) is 0 Å². The molecule has 1 N–H and O–H groups in total. The van der Waals surface area contributed by atoms with Gasteiger partial charge in [-0.25, -0.2) is 4.98 Å². The van der Waals surface area contributed by atoms with Crippen LogP contribution in [0.5, 0.6) is 0 Å². The summed E-state index contributed by atoms with van der Waals surface area (Å²) in [6, 6.07) is 0. The van der Waals surface area contributed by atoms with Crippen LogP contribution in [0, 0.1) is 0 Å². The quantitative estimate of drug-likeness (QED) is 0.756. The highest BCUT2D eigenvalue weighted by Gasteiger charge is 2.14. The molecule has 1 aliphatic rings. The van der Waals surface area contributed by atoms with E-state index in [0.29, 0.717) is 13.2 Å². The predicted molar refractivity (Wildman–Crippen MR) is 63.9 cm³/mol. The Balaban J connectivity index is 1.74. The van der Waals surface area contributed by atoms with Gasteiger partial charge in [0.2, 0.25) is 0 Å². The SMILES string of the molecule is COCCOCCc1nc2c(s1)CNCC2. The Morgan fingerprint density at radius 2 is 2.31 bits per heavy atom. The minimum Gasteiger partial charge on any atom is -0.382 e. The smallest absolute Gasteiger partial charge is 0.0954 e. The fourth-order valence-electron chi connectivity index (χ4n) is 1.69. The number of hydrogen-bond donors (Lipinski definition) is 1. The van der Waals surface area contributed by atoms with E-state index in [1.54, 1.807) is 7.11 Å². The molecule has 16 heavy (non-hydrogen) atoms. The third kappa shape index (κ3) is 3.25. The first kappa shape index (κ1) is 12.0. The monoisotopic (exact) mass is 242 g/mol. The van der Waals surface area contributed by atoms with Crippen molar-refractivity contribution >= 4 is 11.3 Å². The Bertz CT molecular complexity index is 304. The van der Waals surface area contributed by atoms with Gasteiger partial charge in [0.1, 0.15) is 0 Å². The van der Waals surface area contributed by atoms with Crippen molar-refractivity contribution in [1.82, 2.24) is 10.3 Å². The summed E-state index contributed by atoms with van der Waals surface area (Å²) in [4.78, 5) is 6.04. The summed E-state index contributed by atoms with van der Waals surface area (Å²) >= 11 is 1.81. The lowest BCUT2D eigenvalue weighted by Crippen LogP contribution is -2.22. The first-order valence-corrected chi connectivity index (χ1v) is 6.46. The molecule has 0 aliphatic carbocycles. The van der Waals surface area contributed by atoms with Crippen LogP contribution in [-0.4, -0.2) is 38.5 Å². The van der Waals surface area contributed by atoms with Gasteiger partial charge in [0.05, 0.1) is 30.5 Å². The van der Waals surface area contributed by atoms with Gasteiger partial charge in [0.25, 0.3) is 0 Å². The number of rotatable bonds is 6. The zero-order valence-electron chi connectivity index (χ0n) is 9.62. The summed E-state index contributed by atoms with van der Waals surface area (Å²) in [5, 5.41) is 4.56. The molecule has 0 amide bonds. The molecule has 5 heteroatoms. The van der Waals surface area contributed by atoms with E-state index in [4.69, 9.17) is 9.47 Å². The second-order valence-electron chi connectivity index (χ2n) is 3.76. The van der Waals surface area contributed by atoms with Gasteiger partial charge in [0, 0.05) is 37.9 Å². The van der Waals surface area contributed by atoms with Crippen LogP contribution in [0.4, 0.5) is 0 Å². The fraction of sp³-hybridized carbons (Fsp3) is 0.727. The number of aromatic nitrogens is 1. The van der Waals surface area contributed by atoms with Gasteiger partial charge in [-0.2, -0.15) is 0 Å². The molecule has 2 heterocycles. The number of nitrogens with one attached hydrogen (secondary N) is 1. The highest BCUT2D eigenvalue weighted by Crippen LogP contribution is 2.21. The van der Waals surface area contributed by atoms with Crippen LogP contribution in [-0.2, 0) is 28.9 Å². The van der Waals surface area contributed by atoms with Gasteiger partial charge in [0.15, 0.2) is 0 Å². The summed E-state index contributed by atoms with van der Waals surface area (Å²) in [6.45, 7) is 4.11. The molecule has 1 aromatic heterocycles. The zero-order chi connectivity index (χ0) is 11.2. The van der Waals surface area contributed by atoms with Crippen LogP contribution in [0.1, 0.15) is 15.6 Å². The van der Waals surface area contributed by atoms with Crippen LogP contribution in [0.15, 0.2) is 0 Å². The van der Waals surface area contributed by atoms with Crippen LogP contribution in [0.25, 0.3) is 0 Å². The van der Waals surface area contributed by atoms with Crippen molar-refractivity contribution in [2.75, 3.05) is 33.5 Å². The van der Waals surface area contributed by atoms with E-state index >= 15 is 0 Å². The molecule has 90 valence electrons. The standard InChI is InChI=1S/C11H18N2O2S/c1-14-6-7-15-5-3-11-13-9-2-4-12-8-10(9)16-11/h12H,2-8H2,1H3. The topological polar surface area (TPSA) is 43.4 Å². The third-order valence-electron chi connectivity index (χ3n) is 2.54. The normalized spacial score (nSPS) is 15.1. The first-order valence-electron chi connectivity index (χ1n) is 5.65. The molecular weight excluding hydrogens is 224 g/mol. The second-order valence-corrected chi connectivity index (χ2v) is 4.93. The number of nitrogens with zero attached hydrogens (tertiary/aromatic N) is 1. The molecule has 1 aromatic rings. The average molecular weight is 242 g/mol. The maximum atomic E-state index is 5.44. The maximum absolute atomic E-state index is 5.44. The van der Waals surface area contributed by atoms with Gasteiger partial charge in [-0.05, 0) is 0 Å². The summed E-state index contributed by atoms with van der Waals surface area (Å²) in [6.07, 6.45) is 1.98. The van der Waals surface area contributed by atoms with Gasteiger partial charge >= 0.3 is 0 Å². The Labute approximate surface area is 100.0 Å². The summed E-state index contributed by atoms with van der Waals surface area (Å²) in [5.74, 6) is 0. The van der Waals surface area contributed by atoms with Crippen LogP contribution < -0.4 is 5.32 Å². The van der Waals surface area contributed by atoms with Crippen molar-refractivity contribution in [3.63, 3.8) is 0 Å². The van der Waals surface area contributed by atoms with Crippen molar-refractivity contribution in [3.8, 4) is 0 Å². The van der Waals surface area contributed by atoms with Crippen molar-refractivity contribution in [3.05, 3.63) is 15.6 Å².